The maximum Gasteiger partial charge on any atom is 0.309 e. The van der Waals surface area contributed by atoms with Crippen molar-refractivity contribution >= 4 is 11.8 Å². The van der Waals surface area contributed by atoms with Crippen LogP contribution in [0.3, 0.4) is 0 Å². The SMILES string of the molecule is CCCCCCCCCCCCCCCCCC(=O)c1cc(CC(=O)O)n(C)c1C. The summed E-state index contributed by atoms with van der Waals surface area (Å²) in [6.45, 7) is 4.16. The van der Waals surface area contributed by atoms with Crippen LogP contribution in [-0.2, 0) is 18.3 Å². The first-order valence-corrected chi connectivity index (χ1v) is 12.4. The van der Waals surface area contributed by atoms with E-state index in [-0.39, 0.29) is 12.2 Å². The van der Waals surface area contributed by atoms with Gasteiger partial charge < -0.3 is 9.67 Å². The van der Waals surface area contributed by atoms with Crippen molar-refractivity contribution in [1.29, 1.82) is 0 Å². The van der Waals surface area contributed by atoms with E-state index in [4.69, 9.17) is 5.11 Å². The quantitative estimate of drug-likeness (QED) is 0.188. The molecule has 0 radical (unpaired) electrons. The summed E-state index contributed by atoms with van der Waals surface area (Å²) >= 11 is 0. The number of hydrogen-bond acceptors (Lipinski definition) is 2. The monoisotopic (exact) mass is 419 g/mol. The summed E-state index contributed by atoms with van der Waals surface area (Å²) < 4.78 is 1.83. The Hall–Kier alpha value is -1.58. The Morgan fingerprint density at radius 1 is 0.800 bits per heavy atom. The van der Waals surface area contributed by atoms with E-state index < -0.39 is 5.97 Å². The maximum absolute atomic E-state index is 12.5. The number of ketones is 1. The molecule has 0 aliphatic heterocycles. The van der Waals surface area contributed by atoms with E-state index in [9.17, 15) is 9.59 Å². The maximum atomic E-state index is 12.5. The molecule has 0 fully saturated rings. The molecular weight excluding hydrogens is 374 g/mol. The number of nitrogens with zero attached hydrogens (tertiary/aromatic N) is 1. The smallest absolute Gasteiger partial charge is 0.309 e. The Balaban J connectivity index is 2.02. The lowest BCUT2D eigenvalue weighted by Crippen LogP contribution is -2.06. The minimum atomic E-state index is -0.864. The molecule has 1 aromatic heterocycles. The molecule has 1 aromatic rings. The number of carboxylic acids is 1. The minimum absolute atomic E-state index is 0.0381. The van der Waals surface area contributed by atoms with Crippen molar-refractivity contribution in [2.75, 3.05) is 0 Å². The number of unbranched alkanes of at least 4 members (excludes halogenated alkanes) is 14. The first-order valence-electron chi connectivity index (χ1n) is 12.4. The van der Waals surface area contributed by atoms with Crippen molar-refractivity contribution in [2.45, 2.75) is 123 Å². The highest BCUT2D eigenvalue weighted by molar-refractivity contribution is 5.97. The highest BCUT2D eigenvalue weighted by Gasteiger charge is 2.16. The van der Waals surface area contributed by atoms with Gasteiger partial charge in [-0.1, -0.05) is 96.8 Å². The fourth-order valence-electron chi connectivity index (χ4n) is 4.16. The number of hydrogen-bond donors (Lipinski definition) is 1. The van der Waals surface area contributed by atoms with Crippen LogP contribution in [-0.4, -0.2) is 21.4 Å². The Morgan fingerprint density at radius 2 is 1.23 bits per heavy atom. The molecule has 0 aromatic carbocycles. The van der Waals surface area contributed by atoms with Crippen molar-refractivity contribution in [3.63, 3.8) is 0 Å². The molecule has 0 saturated heterocycles. The largest absolute Gasteiger partial charge is 0.481 e. The van der Waals surface area contributed by atoms with E-state index in [0.29, 0.717) is 17.7 Å². The van der Waals surface area contributed by atoms with Crippen LogP contribution < -0.4 is 0 Å². The Bertz CT molecular complexity index is 618. The van der Waals surface area contributed by atoms with Gasteiger partial charge >= 0.3 is 5.97 Å². The molecular formula is C26H45NO3. The third-order valence-corrected chi connectivity index (χ3v) is 6.27. The lowest BCUT2D eigenvalue weighted by molar-refractivity contribution is -0.136. The van der Waals surface area contributed by atoms with Crippen molar-refractivity contribution in [2.24, 2.45) is 7.05 Å². The summed E-state index contributed by atoms with van der Waals surface area (Å²) in [6.07, 6.45) is 20.3. The number of carboxylic acid groups (broad SMARTS) is 1. The van der Waals surface area contributed by atoms with Gasteiger partial charge in [0.25, 0.3) is 0 Å². The molecule has 0 aliphatic rings. The van der Waals surface area contributed by atoms with Crippen LogP contribution in [0, 0.1) is 6.92 Å². The standard InChI is InChI=1S/C26H45NO3/c1-4-5-6-7-8-9-10-11-12-13-14-15-16-17-18-19-25(28)24-20-23(21-26(29)30)27(3)22(24)2/h20H,4-19,21H2,1-3H3,(H,29,30). The van der Waals surface area contributed by atoms with E-state index in [0.717, 1.165) is 18.5 Å². The van der Waals surface area contributed by atoms with E-state index in [1.54, 1.807) is 6.07 Å². The van der Waals surface area contributed by atoms with Crippen LogP contribution in [0.15, 0.2) is 6.07 Å². The van der Waals surface area contributed by atoms with Gasteiger partial charge in [0.05, 0.1) is 6.42 Å². The molecule has 0 saturated carbocycles. The number of aromatic nitrogens is 1. The highest BCUT2D eigenvalue weighted by atomic mass is 16.4. The molecule has 4 nitrogen and oxygen atoms in total. The summed E-state index contributed by atoms with van der Waals surface area (Å²) in [5.41, 5.74) is 2.26. The number of Topliss-reactive ketones (excluding diaryl/α,β-unsaturated/α-hetero) is 1. The number of carbonyl (C=O) groups excluding carboxylic acids is 1. The van der Waals surface area contributed by atoms with Crippen LogP contribution >= 0.6 is 0 Å². The van der Waals surface area contributed by atoms with E-state index >= 15 is 0 Å². The third-order valence-electron chi connectivity index (χ3n) is 6.27. The van der Waals surface area contributed by atoms with Crippen molar-refractivity contribution < 1.29 is 14.7 Å². The zero-order chi connectivity index (χ0) is 22.2. The fourth-order valence-corrected chi connectivity index (χ4v) is 4.16. The number of rotatable bonds is 19. The average molecular weight is 420 g/mol. The van der Waals surface area contributed by atoms with Crippen LogP contribution in [0.4, 0.5) is 0 Å². The lowest BCUT2D eigenvalue weighted by atomic mass is 10.0. The van der Waals surface area contributed by atoms with E-state index in [1.807, 2.05) is 18.5 Å². The van der Waals surface area contributed by atoms with Gasteiger partial charge in [-0.15, -0.1) is 0 Å². The van der Waals surface area contributed by atoms with Gasteiger partial charge in [-0.05, 0) is 19.4 Å². The van der Waals surface area contributed by atoms with Gasteiger partial charge in [0.2, 0.25) is 0 Å². The fraction of sp³-hybridized carbons (Fsp3) is 0.769. The Morgan fingerprint density at radius 3 is 1.67 bits per heavy atom. The van der Waals surface area contributed by atoms with E-state index in [1.165, 1.54) is 83.5 Å². The van der Waals surface area contributed by atoms with Gasteiger partial charge in [-0.2, -0.15) is 0 Å². The molecule has 0 bridgehead atoms. The average Bonchev–Trinajstić information content (AvgIpc) is 2.98. The summed E-state index contributed by atoms with van der Waals surface area (Å²) in [5, 5.41) is 8.98. The van der Waals surface area contributed by atoms with Gasteiger partial charge in [-0.3, -0.25) is 9.59 Å². The zero-order valence-electron chi connectivity index (χ0n) is 19.8. The molecule has 1 heterocycles. The first kappa shape index (κ1) is 26.5. The molecule has 1 rings (SSSR count). The van der Waals surface area contributed by atoms with Crippen LogP contribution in [0.25, 0.3) is 0 Å². The predicted molar refractivity (Wildman–Crippen MR) is 125 cm³/mol. The molecule has 0 spiro atoms. The normalized spacial score (nSPS) is 11.2. The second-order valence-corrected chi connectivity index (χ2v) is 8.89. The highest BCUT2D eigenvalue weighted by Crippen LogP contribution is 2.19. The second kappa shape index (κ2) is 16.2. The summed E-state index contributed by atoms with van der Waals surface area (Å²) in [7, 11) is 1.83. The molecule has 0 unspecified atom stereocenters. The van der Waals surface area contributed by atoms with Gasteiger partial charge in [0.1, 0.15) is 0 Å². The van der Waals surface area contributed by atoms with Crippen LogP contribution in [0.5, 0.6) is 0 Å². The number of aliphatic carboxylic acids is 1. The lowest BCUT2D eigenvalue weighted by Gasteiger charge is -2.04. The predicted octanol–water partition coefficient (Wildman–Crippen LogP) is 7.40. The Kier molecular flexibility index (Phi) is 14.2. The third kappa shape index (κ3) is 11.0. The molecule has 0 aliphatic carbocycles. The van der Waals surface area contributed by atoms with Gasteiger partial charge in [0.15, 0.2) is 5.78 Å². The van der Waals surface area contributed by atoms with Gasteiger partial charge in [0, 0.05) is 30.4 Å². The summed E-state index contributed by atoms with van der Waals surface area (Å²) in [4.78, 5) is 23.4. The molecule has 0 atom stereocenters. The molecule has 4 heteroatoms. The van der Waals surface area contributed by atoms with Crippen LogP contribution in [0.1, 0.15) is 131 Å². The second-order valence-electron chi connectivity index (χ2n) is 8.89. The van der Waals surface area contributed by atoms with Crippen molar-refractivity contribution in [3.8, 4) is 0 Å². The summed E-state index contributed by atoms with van der Waals surface area (Å²) in [6, 6.07) is 1.76. The molecule has 0 amide bonds. The van der Waals surface area contributed by atoms with Crippen molar-refractivity contribution in [1.82, 2.24) is 4.57 Å². The first-order chi connectivity index (χ1) is 14.5. The Labute approximate surface area is 184 Å². The summed E-state index contributed by atoms with van der Waals surface area (Å²) in [5.74, 6) is -0.716. The minimum Gasteiger partial charge on any atom is -0.481 e. The molecule has 172 valence electrons. The number of carbonyl (C=O) groups is 2. The zero-order valence-corrected chi connectivity index (χ0v) is 19.8. The van der Waals surface area contributed by atoms with Gasteiger partial charge in [-0.25, -0.2) is 0 Å². The van der Waals surface area contributed by atoms with E-state index in [2.05, 4.69) is 6.92 Å². The topological polar surface area (TPSA) is 59.3 Å². The molecule has 1 N–H and O–H groups in total. The van der Waals surface area contributed by atoms with Crippen molar-refractivity contribution in [3.05, 3.63) is 23.0 Å². The molecule has 30 heavy (non-hydrogen) atoms. The van der Waals surface area contributed by atoms with Crippen LogP contribution in [0.2, 0.25) is 0 Å².